The van der Waals surface area contributed by atoms with Gasteiger partial charge in [0.1, 0.15) is 4.90 Å². The number of likely N-dealkylation sites (tertiary alicyclic amines) is 1. The molecular formula is C11H20N4O3S. The number of aromatic nitrogens is 2. The second-order valence-corrected chi connectivity index (χ2v) is 6.60. The molecule has 0 aromatic carbocycles. The molecule has 0 bridgehead atoms. The molecule has 0 saturated carbocycles. The van der Waals surface area contributed by atoms with Crippen LogP contribution in [0.5, 0.6) is 0 Å². The fourth-order valence-corrected chi connectivity index (χ4v) is 3.37. The fraction of sp³-hybridized carbons (Fsp3) is 0.727. The third-order valence-electron chi connectivity index (χ3n) is 3.18. The molecule has 2 N–H and O–H groups in total. The topological polar surface area (TPSA) is 87.5 Å². The van der Waals surface area contributed by atoms with Gasteiger partial charge in [0.15, 0.2) is 0 Å². The number of sulfonamides is 1. The third kappa shape index (κ3) is 3.75. The predicted molar refractivity (Wildman–Crippen MR) is 70.2 cm³/mol. The van der Waals surface area contributed by atoms with Crippen molar-refractivity contribution in [2.45, 2.75) is 30.3 Å². The molecule has 1 atom stereocenters. The Morgan fingerprint density at radius 3 is 3.00 bits per heavy atom. The summed E-state index contributed by atoms with van der Waals surface area (Å²) in [6, 6.07) is -0.0317. The van der Waals surface area contributed by atoms with Gasteiger partial charge in [-0.1, -0.05) is 0 Å². The van der Waals surface area contributed by atoms with Gasteiger partial charge >= 0.3 is 0 Å². The first kappa shape index (κ1) is 14.4. The van der Waals surface area contributed by atoms with Crippen molar-refractivity contribution >= 4 is 10.0 Å². The van der Waals surface area contributed by atoms with E-state index >= 15 is 0 Å². The van der Waals surface area contributed by atoms with Crippen LogP contribution < -0.4 is 4.72 Å². The minimum atomic E-state index is -3.49. The van der Waals surface area contributed by atoms with E-state index < -0.39 is 10.0 Å². The van der Waals surface area contributed by atoms with Crippen molar-refractivity contribution in [2.24, 2.45) is 0 Å². The first-order valence-electron chi connectivity index (χ1n) is 6.35. The van der Waals surface area contributed by atoms with E-state index in [9.17, 15) is 8.42 Å². The molecule has 0 amide bonds. The monoisotopic (exact) mass is 288 g/mol. The number of nitrogens with one attached hydrogen (secondary N) is 1. The number of hydrogen-bond acceptors (Lipinski definition) is 5. The minimum Gasteiger partial charge on any atom is -0.396 e. The Balaban J connectivity index is 2.00. The maximum Gasteiger partial charge on any atom is 0.243 e. The highest BCUT2D eigenvalue weighted by Crippen LogP contribution is 2.12. The third-order valence-corrected chi connectivity index (χ3v) is 4.65. The summed E-state index contributed by atoms with van der Waals surface area (Å²) in [5.74, 6) is 0. The van der Waals surface area contributed by atoms with Crippen LogP contribution in [0.1, 0.15) is 12.8 Å². The van der Waals surface area contributed by atoms with Gasteiger partial charge in [0.25, 0.3) is 0 Å². The molecule has 8 heteroatoms. The van der Waals surface area contributed by atoms with Crippen LogP contribution in [-0.2, 0) is 16.6 Å². The molecular weight excluding hydrogens is 268 g/mol. The van der Waals surface area contributed by atoms with Gasteiger partial charge in [-0.25, -0.2) is 13.1 Å². The largest absolute Gasteiger partial charge is 0.396 e. The molecule has 1 aliphatic heterocycles. The highest BCUT2D eigenvalue weighted by atomic mass is 32.2. The summed E-state index contributed by atoms with van der Waals surface area (Å²) in [5, 5.41) is 12.7. The number of aliphatic hydroxyl groups excluding tert-OH is 1. The van der Waals surface area contributed by atoms with Gasteiger partial charge in [-0.3, -0.25) is 4.68 Å². The number of nitrogens with zero attached hydrogens (tertiary/aromatic N) is 3. The smallest absolute Gasteiger partial charge is 0.243 e. The van der Waals surface area contributed by atoms with Crippen molar-refractivity contribution in [3.63, 3.8) is 0 Å². The number of likely N-dealkylation sites (N-methyl/N-ethyl adjacent to an activating group) is 1. The zero-order valence-electron chi connectivity index (χ0n) is 11.0. The van der Waals surface area contributed by atoms with Gasteiger partial charge in [-0.15, -0.1) is 0 Å². The Bertz CT molecular complexity index is 514. The number of hydrogen-bond donors (Lipinski definition) is 2. The van der Waals surface area contributed by atoms with Crippen LogP contribution in [0.4, 0.5) is 0 Å². The van der Waals surface area contributed by atoms with Crippen molar-refractivity contribution in [1.29, 1.82) is 0 Å². The lowest BCUT2D eigenvalue weighted by atomic mass is 10.3. The number of aliphatic hydroxyl groups is 1. The maximum atomic E-state index is 12.1. The molecule has 1 fully saturated rings. The van der Waals surface area contributed by atoms with Crippen molar-refractivity contribution in [1.82, 2.24) is 19.4 Å². The summed E-state index contributed by atoms with van der Waals surface area (Å²) in [7, 11) is -1.52. The Kier molecular flexibility index (Phi) is 4.56. The molecule has 7 nitrogen and oxygen atoms in total. The van der Waals surface area contributed by atoms with E-state index in [1.54, 1.807) is 0 Å². The van der Waals surface area contributed by atoms with Crippen LogP contribution in [0.3, 0.4) is 0 Å². The Morgan fingerprint density at radius 1 is 1.58 bits per heavy atom. The molecule has 2 heterocycles. The van der Waals surface area contributed by atoms with Crippen LogP contribution in [0.15, 0.2) is 17.3 Å². The second kappa shape index (κ2) is 6.00. The summed E-state index contributed by atoms with van der Waals surface area (Å²) >= 11 is 0. The molecule has 108 valence electrons. The van der Waals surface area contributed by atoms with Gasteiger partial charge < -0.3 is 10.0 Å². The lowest BCUT2D eigenvalue weighted by Gasteiger charge is -2.12. The summed E-state index contributed by atoms with van der Waals surface area (Å²) in [4.78, 5) is 2.28. The van der Waals surface area contributed by atoms with Gasteiger partial charge in [0.05, 0.1) is 6.20 Å². The number of aryl methyl sites for hydroxylation is 1. The first-order chi connectivity index (χ1) is 9.01. The van der Waals surface area contributed by atoms with E-state index in [0.717, 1.165) is 19.5 Å². The van der Waals surface area contributed by atoms with E-state index in [4.69, 9.17) is 5.11 Å². The Hall–Kier alpha value is -0.960. The molecule has 19 heavy (non-hydrogen) atoms. The molecule has 0 aliphatic carbocycles. The molecule has 1 unspecified atom stereocenters. The highest BCUT2D eigenvalue weighted by molar-refractivity contribution is 7.89. The zero-order chi connectivity index (χ0) is 13.9. The highest BCUT2D eigenvalue weighted by Gasteiger charge is 2.26. The predicted octanol–water partition coefficient (Wildman–Crippen LogP) is -0.752. The van der Waals surface area contributed by atoms with Crippen molar-refractivity contribution in [3.8, 4) is 0 Å². The van der Waals surface area contributed by atoms with Crippen LogP contribution in [-0.4, -0.2) is 61.0 Å². The van der Waals surface area contributed by atoms with Gasteiger partial charge in [-0.2, -0.15) is 5.10 Å². The molecule has 1 aliphatic rings. The van der Waals surface area contributed by atoms with Crippen LogP contribution in [0.2, 0.25) is 0 Å². The zero-order valence-corrected chi connectivity index (χ0v) is 11.8. The number of rotatable bonds is 6. The molecule has 2 rings (SSSR count). The quantitative estimate of drug-likeness (QED) is 0.719. The molecule has 1 saturated heterocycles. The Morgan fingerprint density at radius 2 is 2.37 bits per heavy atom. The molecule has 0 spiro atoms. The second-order valence-electron chi connectivity index (χ2n) is 4.89. The van der Waals surface area contributed by atoms with Crippen molar-refractivity contribution in [2.75, 3.05) is 26.7 Å². The standard InChI is InChI=1S/C11H20N4O3S/c1-14-5-3-10(8-14)13-19(17,18)11-7-12-15(9-11)4-2-6-16/h7,9-10,13,16H,2-6,8H2,1H3. The van der Waals surface area contributed by atoms with Gasteiger partial charge in [0.2, 0.25) is 10.0 Å². The average molecular weight is 288 g/mol. The van der Waals surface area contributed by atoms with Gasteiger partial charge in [0, 0.05) is 31.9 Å². The average Bonchev–Trinajstić information content (AvgIpc) is 2.95. The normalized spacial score (nSPS) is 21.1. The van der Waals surface area contributed by atoms with Crippen molar-refractivity contribution < 1.29 is 13.5 Å². The molecule has 1 aromatic heterocycles. The Labute approximate surface area is 113 Å². The van der Waals surface area contributed by atoms with E-state index in [-0.39, 0.29) is 17.5 Å². The summed E-state index contributed by atoms with van der Waals surface area (Å²) in [6.07, 6.45) is 4.23. The van der Waals surface area contributed by atoms with Crippen LogP contribution in [0, 0.1) is 0 Å². The maximum absolute atomic E-state index is 12.1. The molecule has 0 radical (unpaired) electrons. The van der Waals surface area contributed by atoms with Crippen LogP contribution >= 0.6 is 0 Å². The van der Waals surface area contributed by atoms with Crippen LogP contribution in [0.25, 0.3) is 0 Å². The fourth-order valence-electron chi connectivity index (χ4n) is 2.16. The summed E-state index contributed by atoms with van der Waals surface area (Å²) in [6.45, 7) is 2.22. The van der Waals surface area contributed by atoms with E-state index in [1.807, 2.05) is 7.05 Å². The summed E-state index contributed by atoms with van der Waals surface area (Å²) < 4.78 is 28.5. The van der Waals surface area contributed by atoms with E-state index in [0.29, 0.717) is 13.0 Å². The van der Waals surface area contributed by atoms with Gasteiger partial charge in [-0.05, 0) is 26.4 Å². The lowest BCUT2D eigenvalue weighted by Crippen LogP contribution is -2.36. The van der Waals surface area contributed by atoms with Crippen molar-refractivity contribution in [3.05, 3.63) is 12.4 Å². The first-order valence-corrected chi connectivity index (χ1v) is 7.84. The minimum absolute atomic E-state index is 0.0317. The van der Waals surface area contributed by atoms with E-state index in [2.05, 4.69) is 14.7 Å². The SMILES string of the molecule is CN1CCC(NS(=O)(=O)c2cnn(CCCO)c2)C1. The van der Waals surface area contributed by atoms with E-state index in [1.165, 1.54) is 17.1 Å². The molecule has 1 aromatic rings. The lowest BCUT2D eigenvalue weighted by molar-refractivity contribution is 0.277. The summed E-state index contributed by atoms with van der Waals surface area (Å²) in [5.41, 5.74) is 0.